The van der Waals surface area contributed by atoms with Gasteiger partial charge in [-0.25, -0.2) is 4.68 Å². The molecular weight excluding hydrogens is 603 g/mol. The van der Waals surface area contributed by atoms with Crippen LogP contribution in [0.2, 0.25) is 18.6 Å². The molecule has 0 radical (unpaired) electrons. The molecule has 0 bridgehead atoms. The van der Waals surface area contributed by atoms with Gasteiger partial charge >= 0.3 is 0 Å². The third kappa shape index (κ3) is 4.91. The SMILES string of the molecule is C[C@H]1[C@H]([Si](C)(C)F)[C@@H](CCn2cc(CCO)nn2)O[C@]12C(=O)N(Cc1ccc(-n3[nH]c4ccccc4c3=O)cc1)c1ccccc12. The Labute approximate surface area is 266 Å². The van der Waals surface area contributed by atoms with Gasteiger partial charge in [0.05, 0.1) is 40.6 Å². The molecule has 46 heavy (non-hydrogen) atoms. The van der Waals surface area contributed by atoms with E-state index in [9.17, 15) is 14.7 Å². The number of amides is 1. The van der Waals surface area contributed by atoms with Crippen LogP contribution in [-0.2, 0) is 34.6 Å². The van der Waals surface area contributed by atoms with Crippen molar-refractivity contribution in [3.63, 3.8) is 0 Å². The van der Waals surface area contributed by atoms with Crippen molar-refractivity contribution in [3.8, 4) is 5.69 Å². The van der Waals surface area contributed by atoms with Gasteiger partial charge in [0, 0.05) is 42.8 Å². The van der Waals surface area contributed by atoms with E-state index >= 15 is 4.11 Å². The Morgan fingerprint density at radius 1 is 1.04 bits per heavy atom. The van der Waals surface area contributed by atoms with E-state index < -0.39 is 25.7 Å². The van der Waals surface area contributed by atoms with Crippen LogP contribution in [0.4, 0.5) is 9.80 Å². The number of nitrogens with zero attached hydrogens (tertiary/aromatic N) is 5. The third-order valence-corrected chi connectivity index (χ3v) is 12.1. The first kappa shape index (κ1) is 30.3. The maximum atomic E-state index is 16.1. The highest BCUT2D eigenvalue weighted by Gasteiger charge is 2.66. The number of para-hydroxylation sites is 2. The van der Waals surface area contributed by atoms with Gasteiger partial charge in [0.25, 0.3) is 11.5 Å². The second kappa shape index (κ2) is 11.4. The molecule has 7 rings (SSSR count). The fourth-order valence-electron chi connectivity index (χ4n) is 7.54. The number of benzene rings is 3. The van der Waals surface area contributed by atoms with Gasteiger partial charge in [0.15, 0.2) is 5.60 Å². The molecule has 0 saturated carbocycles. The maximum absolute atomic E-state index is 16.1. The number of nitrogens with one attached hydrogen (secondary N) is 1. The molecule has 2 aromatic heterocycles. The standard InChI is InChI=1S/C34H37FN6O4Si/c1-22-31(46(2,3)35)30(16-18-39-21-24(17-19-42)36-38-39)45-34(22)27-9-5-7-11-29(27)40(33(34)44)20-23-12-14-25(15-13-23)41-32(43)26-8-4-6-10-28(26)37-41/h4-15,21-22,30-31,37,42H,16-20H2,1-3H3/t22-,30+,31-,34+/m0/s1. The van der Waals surface area contributed by atoms with Gasteiger partial charge in [-0.2, -0.15) is 0 Å². The van der Waals surface area contributed by atoms with Crippen LogP contribution in [0.1, 0.15) is 30.2 Å². The summed E-state index contributed by atoms with van der Waals surface area (Å²) in [5.41, 5.74) is 2.71. The highest BCUT2D eigenvalue weighted by atomic mass is 28.4. The number of ether oxygens (including phenoxy) is 1. The van der Waals surface area contributed by atoms with Gasteiger partial charge in [-0.1, -0.05) is 54.6 Å². The minimum atomic E-state index is -3.30. The Balaban J connectivity index is 1.17. The normalized spacial score (nSPS) is 22.8. The van der Waals surface area contributed by atoms with Crippen molar-refractivity contribution >= 4 is 30.9 Å². The Morgan fingerprint density at radius 3 is 2.52 bits per heavy atom. The third-order valence-electron chi connectivity index (χ3n) is 9.59. The molecule has 1 spiro atoms. The number of hydrogen-bond acceptors (Lipinski definition) is 6. The van der Waals surface area contributed by atoms with E-state index in [1.165, 1.54) is 4.68 Å². The maximum Gasteiger partial charge on any atom is 0.279 e. The van der Waals surface area contributed by atoms with Gasteiger partial charge < -0.3 is 18.9 Å². The van der Waals surface area contributed by atoms with E-state index in [0.29, 0.717) is 42.7 Å². The minimum absolute atomic E-state index is 0.0134. The van der Waals surface area contributed by atoms with Crippen molar-refractivity contribution in [2.45, 2.75) is 63.2 Å². The minimum Gasteiger partial charge on any atom is -0.396 e. The summed E-state index contributed by atoms with van der Waals surface area (Å²) in [4.78, 5) is 29.3. The summed E-state index contributed by atoms with van der Waals surface area (Å²) in [6, 6.07) is 22.6. The molecule has 2 N–H and O–H groups in total. The number of anilines is 1. The average Bonchev–Trinajstić information content (AvgIpc) is 3.77. The lowest BCUT2D eigenvalue weighted by Crippen LogP contribution is -2.45. The lowest BCUT2D eigenvalue weighted by molar-refractivity contribution is -0.146. The van der Waals surface area contributed by atoms with E-state index in [1.807, 2.05) is 73.7 Å². The first-order valence-corrected chi connectivity index (χ1v) is 18.6. The van der Waals surface area contributed by atoms with Crippen molar-refractivity contribution in [1.29, 1.82) is 0 Å². The Kier molecular flexibility index (Phi) is 7.53. The van der Waals surface area contributed by atoms with Gasteiger partial charge in [0.2, 0.25) is 8.41 Å². The fourth-order valence-corrected chi connectivity index (χ4v) is 10.1. The van der Waals surface area contributed by atoms with Crippen molar-refractivity contribution in [2.75, 3.05) is 11.5 Å². The molecule has 0 unspecified atom stereocenters. The Hall–Kier alpha value is -4.39. The van der Waals surface area contributed by atoms with E-state index in [0.717, 1.165) is 22.3 Å². The zero-order valence-electron chi connectivity index (χ0n) is 26.1. The monoisotopic (exact) mass is 640 g/mol. The number of aromatic amines is 1. The molecule has 0 aliphatic carbocycles. The average molecular weight is 641 g/mol. The molecule has 1 fully saturated rings. The van der Waals surface area contributed by atoms with Crippen LogP contribution >= 0.6 is 0 Å². The molecule has 4 heterocycles. The van der Waals surface area contributed by atoms with Crippen molar-refractivity contribution < 1.29 is 18.7 Å². The highest BCUT2D eigenvalue weighted by molar-refractivity contribution is 6.72. The zero-order chi connectivity index (χ0) is 32.2. The first-order chi connectivity index (χ1) is 22.1. The molecule has 4 atom stereocenters. The summed E-state index contributed by atoms with van der Waals surface area (Å²) < 4.78 is 26.2. The lowest BCUT2D eigenvalue weighted by Gasteiger charge is -2.31. The number of rotatable bonds is 9. The van der Waals surface area contributed by atoms with Crippen LogP contribution < -0.4 is 10.5 Å². The number of carbonyl (C=O) groups excluding carboxylic acids is 1. The predicted octanol–water partition coefficient (Wildman–Crippen LogP) is 4.86. The molecule has 12 heteroatoms. The summed E-state index contributed by atoms with van der Waals surface area (Å²) in [5.74, 6) is -0.575. The van der Waals surface area contributed by atoms with Crippen LogP contribution in [0.3, 0.4) is 0 Å². The van der Waals surface area contributed by atoms with Crippen molar-refractivity contribution in [2.24, 2.45) is 5.92 Å². The summed E-state index contributed by atoms with van der Waals surface area (Å²) in [7, 11) is -3.30. The van der Waals surface area contributed by atoms with Crippen LogP contribution in [0.5, 0.6) is 0 Å². The molecule has 1 amide bonds. The Bertz CT molecular complexity index is 1960. The number of aliphatic hydroxyl groups is 1. The van der Waals surface area contributed by atoms with Gasteiger partial charge in [-0.3, -0.25) is 19.4 Å². The molecule has 10 nitrogen and oxygen atoms in total. The van der Waals surface area contributed by atoms with Crippen LogP contribution in [0, 0.1) is 5.92 Å². The van der Waals surface area contributed by atoms with Crippen LogP contribution in [0.25, 0.3) is 16.6 Å². The van der Waals surface area contributed by atoms with Crippen molar-refractivity contribution in [1.82, 2.24) is 24.8 Å². The number of carbonyl (C=O) groups is 1. The quantitative estimate of drug-likeness (QED) is 0.176. The predicted molar refractivity (Wildman–Crippen MR) is 175 cm³/mol. The summed E-state index contributed by atoms with van der Waals surface area (Å²) in [6.45, 7) is 6.09. The number of halogens is 1. The molecule has 2 aliphatic rings. The molecule has 1 saturated heterocycles. The van der Waals surface area contributed by atoms with Crippen molar-refractivity contribution in [3.05, 3.63) is 106 Å². The van der Waals surface area contributed by atoms with E-state index in [2.05, 4.69) is 15.4 Å². The van der Waals surface area contributed by atoms with E-state index in [1.54, 1.807) is 34.9 Å². The summed E-state index contributed by atoms with van der Waals surface area (Å²) >= 11 is 0. The topological polar surface area (TPSA) is 118 Å². The molecule has 2 aliphatic heterocycles. The van der Waals surface area contributed by atoms with E-state index in [-0.39, 0.29) is 24.0 Å². The molecular formula is C34H37FN6O4Si. The van der Waals surface area contributed by atoms with Gasteiger partial charge in [-0.05, 0) is 55.4 Å². The first-order valence-electron chi connectivity index (χ1n) is 15.7. The number of hydrogen-bond donors (Lipinski definition) is 2. The number of H-pyrrole nitrogens is 1. The molecule has 238 valence electrons. The smallest absolute Gasteiger partial charge is 0.279 e. The number of aryl methyl sites for hydroxylation is 1. The second-order valence-electron chi connectivity index (χ2n) is 12.9. The van der Waals surface area contributed by atoms with Crippen LogP contribution in [-0.4, -0.2) is 56.9 Å². The second-order valence-corrected chi connectivity index (χ2v) is 16.7. The number of aliphatic hydroxyl groups excluding tert-OH is 1. The van der Waals surface area contributed by atoms with Gasteiger partial charge in [-0.15, -0.1) is 5.10 Å². The summed E-state index contributed by atoms with van der Waals surface area (Å²) in [6.07, 6.45) is 2.19. The molecule has 5 aromatic rings. The number of aromatic nitrogens is 5. The Morgan fingerprint density at radius 2 is 1.78 bits per heavy atom. The zero-order valence-corrected chi connectivity index (χ0v) is 27.1. The molecule has 3 aromatic carbocycles. The largest absolute Gasteiger partial charge is 0.396 e. The highest BCUT2D eigenvalue weighted by Crippen LogP contribution is 2.60. The fraction of sp³-hybridized carbons (Fsp3) is 0.353. The van der Waals surface area contributed by atoms with Crippen LogP contribution in [0.15, 0.2) is 83.8 Å². The summed E-state index contributed by atoms with van der Waals surface area (Å²) in [5, 5.41) is 21.3. The number of fused-ring (bicyclic) bond motifs is 3. The van der Waals surface area contributed by atoms with E-state index in [4.69, 9.17) is 4.74 Å². The lowest BCUT2D eigenvalue weighted by atomic mass is 9.82. The van der Waals surface area contributed by atoms with Gasteiger partial charge in [0.1, 0.15) is 0 Å².